The van der Waals surface area contributed by atoms with E-state index in [4.69, 9.17) is 31.9 Å². The third kappa shape index (κ3) is 1.48. The van der Waals surface area contributed by atoms with Gasteiger partial charge in [0.2, 0.25) is 0 Å². The molecule has 0 aromatic heterocycles. The van der Waals surface area contributed by atoms with Crippen molar-refractivity contribution in [3.8, 4) is 11.5 Å². The SMILES string of the molecule is OB(O)c1ccc(O)c(O)c1Cl. The fourth-order valence-electron chi connectivity index (χ4n) is 0.769. The largest absolute Gasteiger partial charge is 0.504 e. The van der Waals surface area contributed by atoms with E-state index in [1.54, 1.807) is 0 Å². The zero-order valence-corrected chi connectivity index (χ0v) is 6.65. The Bertz CT molecular complexity index is 302. The standard InChI is InChI=1S/C6H6BClO4/c8-5-3(7(11)12)1-2-4(9)6(5)10/h1-2,9-12H. The number of halogens is 1. The highest BCUT2D eigenvalue weighted by Crippen LogP contribution is 2.30. The van der Waals surface area contributed by atoms with E-state index in [0.717, 1.165) is 6.07 Å². The molecule has 1 rings (SSSR count). The molecule has 0 atom stereocenters. The summed E-state index contributed by atoms with van der Waals surface area (Å²) in [5.41, 5.74) is -0.0491. The number of hydrogen-bond acceptors (Lipinski definition) is 4. The van der Waals surface area contributed by atoms with Gasteiger partial charge in [-0.3, -0.25) is 0 Å². The molecule has 0 fully saturated rings. The summed E-state index contributed by atoms with van der Waals surface area (Å²) in [6, 6.07) is 2.33. The molecule has 4 N–H and O–H groups in total. The molecular weight excluding hydrogens is 182 g/mol. The molecule has 0 saturated heterocycles. The van der Waals surface area contributed by atoms with Gasteiger partial charge in [-0.25, -0.2) is 0 Å². The highest BCUT2D eigenvalue weighted by Gasteiger charge is 2.19. The van der Waals surface area contributed by atoms with Crippen LogP contribution in [0.15, 0.2) is 12.1 Å². The summed E-state index contributed by atoms with van der Waals surface area (Å²) >= 11 is 5.46. The molecule has 0 heterocycles. The lowest BCUT2D eigenvalue weighted by Crippen LogP contribution is -2.30. The van der Waals surface area contributed by atoms with E-state index >= 15 is 0 Å². The smallest absolute Gasteiger partial charge is 0.490 e. The van der Waals surface area contributed by atoms with E-state index in [1.807, 2.05) is 0 Å². The topological polar surface area (TPSA) is 80.9 Å². The quantitative estimate of drug-likeness (QED) is 0.351. The van der Waals surface area contributed by atoms with Crippen LogP contribution >= 0.6 is 11.6 Å². The average molecular weight is 188 g/mol. The molecular formula is C6H6BClO4. The summed E-state index contributed by atoms with van der Waals surface area (Å²) in [5, 5.41) is 35.1. The Kier molecular flexibility index (Phi) is 2.47. The van der Waals surface area contributed by atoms with Crippen molar-refractivity contribution in [3.63, 3.8) is 0 Å². The predicted octanol–water partition coefficient (Wildman–Crippen LogP) is -0.569. The van der Waals surface area contributed by atoms with Crippen molar-refractivity contribution in [1.29, 1.82) is 0 Å². The molecule has 12 heavy (non-hydrogen) atoms. The maximum absolute atomic E-state index is 9.03. The molecule has 0 unspecified atom stereocenters. The Balaban J connectivity index is 3.27. The van der Waals surface area contributed by atoms with Crippen molar-refractivity contribution in [2.24, 2.45) is 0 Å². The third-order valence-corrected chi connectivity index (χ3v) is 1.80. The van der Waals surface area contributed by atoms with Crippen LogP contribution in [-0.4, -0.2) is 27.4 Å². The molecule has 0 bridgehead atoms. The van der Waals surface area contributed by atoms with Crippen LogP contribution in [0, 0.1) is 0 Å². The highest BCUT2D eigenvalue weighted by molar-refractivity contribution is 6.63. The van der Waals surface area contributed by atoms with Gasteiger partial charge in [-0.05, 0) is 6.07 Å². The van der Waals surface area contributed by atoms with Crippen molar-refractivity contribution < 1.29 is 20.3 Å². The van der Waals surface area contributed by atoms with Gasteiger partial charge in [0.15, 0.2) is 11.5 Å². The first-order valence-corrected chi connectivity index (χ1v) is 3.48. The predicted molar refractivity (Wildman–Crippen MR) is 44.6 cm³/mol. The molecule has 0 amide bonds. The minimum Gasteiger partial charge on any atom is -0.504 e. The molecule has 6 heteroatoms. The molecule has 0 aliphatic carbocycles. The Morgan fingerprint density at radius 3 is 2.25 bits per heavy atom. The molecule has 1 aromatic rings. The molecule has 0 aliphatic rings. The Morgan fingerprint density at radius 2 is 1.75 bits per heavy atom. The van der Waals surface area contributed by atoms with E-state index in [2.05, 4.69) is 0 Å². The van der Waals surface area contributed by atoms with Crippen LogP contribution in [0.4, 0.5) is 0 Å². The fourth-order valence-corrected chi connectivity index (χ4v) is 1.03. The number of benzene rings is 1. The summed E-state index contributed by atoms with van der Waals surface area (Å²) in [4.78, 5) is 0. The van der Waals surface area contributed by atoms with Gasteiger partial charge in [0.25, 0.3) is 0 Å². The van der Waals surface area contributed by atoms with Crippen LogP contribution in [0.3, 0.4) is 0 Å². The van der Waals surface area contributed by atoms with Crippen LogP contribution in [0.2, 0.25) is 5.02 Å². The van der Waals surface area contributed by atoms with Crippen LogP contribution < -0.4 is 5.46 Å². The fraction of sp³-hybridized carbons (Fsp3) is 0. The summed E-state index contributed by atoms with van der Waals surface area (Å²) in [6.45, 7) is 0. The minimum atomic E-state index is -1.76. The maximum Gasteiger partial charge on any atom is 0.490 e. The lowest BCUT2D eigenvalue weighted by atomic mass is 9.80. The van der Waals surface area contributed by atoms with E-state index in [0.29, 0.717) is 0 Å². The van der Waals surface area contributed by atoms with Crippen molar-refractivity contribution in [1.82, 2.24) is 0 Å². The molecule has 0 saturated carbocycles. The van der Waals surface area contributed by atoms with Crippen LogP contribution in [0.25, 0.3) is 0 Å². The van der Waals surface area contributed by atoms with E-state index in [9.17, 15) is 0 Å². The highest BCUT2D eigenvalue weighted by atomic mass is 35.5. The number of phenolic OH excluding ortho intramolecular Hbond substituents is 2. The molecule has 1 aromatic carbocycles. The zero-order chi connectivity index (χ0) is 9.30. The van der Waals surface area contributed by atoms with Gasteiger partial charge in [0, 0.05) is 5.46 Å². The van der Waals surface area contributed by atoms with Crippen molar-refractivity contribution in [2.45, 2.75) is 0 Å². The monoisotopic (exact) mass is 188 g/mol. The first-order valence-electron chi connectivity index (χ1n) is 3.10. The van der Waals surface area contributed by atoms with Crippen LogP contribution in [0.1, 0.15) is 0 Å². The second kappa shape index (κ2) is 3.22. The molecule has 0 radical (unpaired) electrons. The lowest BCUT2D eigenvalue weighted by Gasteiger charge is -2.05. The number of rotatable bonds is 1. The van der Waals surface area contributed by atoms with Crippen LogP contribution in [-0.2, 0) is 0 Å². The average Bonchev–Trinajstić information content (AvgIpc) is 2.00. The third-order valence-electron chi connectivity index (χ3n) is 1.40. The molecule has 0 spiro atoms. The van der Waals surface area contributed by atoms with Crippen LogP contribution in [0.5, 0.6) is 11.5 Å². The van der Waals surface area contributed by atoms with Gasteiger partial charge in [0.05, 0.1) is 5.02 Å². The Morgan fingerprint density at radius 1 is 1.17 bits per heavy atom. The normalized spacial score (nSPS) is 9.92. The molecule has 64 valence electrons. The molecule has 0 aliphatic heterocycles. The summed E-state index contributed by atoms with van der Waals surface area (Å²) in [6.07, 6.45) is 0. The zero-order valence-electron chi connectivity index (χ0n) is 5.90. The second-order valence-corrected chi connectivity index (χ2v) is 2.59. The number of aromatic hydroxyl groups is 2. The lowest BCUT2D eigenvalue weighted by molar-refractivity contribution is 0.402. The van der Waals surface area contributed by atoms with Gasteiger partial charge in [-0.2, -0.15) is 0 Å². The van der Waals surface area contributed by atoms with Crippen molar-refractivity contribution in [2.75, 3.05) is 0 Å². The van der Waals surface area contributed by atoms with E-state index in [1.165, 1.54) is 6.07 Å². The summed E-state index contributed by atoms with van der Waals surface area (Å²) < 4.78 is 0. The first kappa shape index (κ1) is 9.19. The van der Waals surface area contributed by atoms with Gasteiger partial charge < -0.3 is 20.3 Å². The van der Waals surface area contributed by atoms with Gasteiger partial charge in [0.1, 0.15) is 0 Å². The molecule has 4 nitrogen and oxygen atoms in total. The van der Waals surface area contributed by atoms with E-state index < -0.39 is 18.6 Å². The van der Waals surface area contributed by atoms with Crippen molar-refractivity contribution >= 4 is 24.2 Å². The second-order valence-electron chi connectivity index (χ2n) is 2.21. The van der Waals surface area contributed by atoms with Gasteiger partial charge >= 0.3 is 7.12 Å². The summed E-state index contributed by atoms with van der Waals surface area (Å²) in [7, 11) is -1.76. The van der Waals surface area contributed by atoms with Gasteiger partial charge in [-0.1, -0.05) is 17.7 Å². The first-order chi connectivity index (χ1) is 5.54. The number of phenols is 2. The van der Waals surface area contributed by atoms with Gasteiger partial charge in [-0.15, -0.1) is 0 Å². The van der Waals surface area contributed by atoms with E-state index in [-0.39, 0.29) is 10.5 Å². The minimum absolute atomic E-state index is 0.0491. The maximum atomic E-state index is 9.03. The van der Waals surface area contributed by atoms with Crippen molar-refractivity contribution in [3.05, 3.63) is 17.2 Å². The number of hydrogen-bond donors (Lipinski definition) is 4. The Labute approximate surface area is 73.8 Å². The summed E-state index contributed by atoms with van der Waals surface area (Å²) in [5.74, 6) is -0.952. The Hall–Kier alpha value is -0.905.